The highest BCUT2D eigenvalue weighted by Crippen LogP contribution is 2.29. The van der Waals surface area contributed by atoms with E-state index in [2.05, 4.69) is 32.9 Å². The molecule has 0 aliphatic carbocycles. The molecule has 0 aliphatic heterocycles. The average Bonchev–Trinajstić information content (AvgIpc) is 2.29. The van der Waals surface area contributed by atoms with Crippen molar-refractivity contribution in [3.63, 3.8) is 0 Å². The van der Waals surface area contributed by atoms with E-state index in [1.165, 1.54) is 18.4 Å². The fourth-order valence-corrected chi connectivity index (χ4v) is 2.31. The largest absolute Gasteiger partial charge is 0.496 e. The first kappa shape index (κ1) is 14.0. The summed E-state index contributed by atoms with van der Waals surface area (Å²) in [5.41, 5.74) is 8.66. The van der Waals surface area contributed by atoms with Crippen LogP contribution in [-0.2, 0) is 0 Å². The van der Waals surface area contributed by atoms with E-state index in [1.807, 2.05) is 6.07 Å². The number of nitrogens with two attached hydrogens (primary N) is 1. The number of hydrogen-bond acceptors (Lipinski definition) is 2. The van der Waals surface area contributed by atoms with Gasteiger partial charge >= 0.3 is 0 Å². The van der Waals surface area contributed by atoms with Gasteiger partial charge in [0.1, 0.15) is 5.75 Å². The van der Waals surface area contributed by atoms with Gasteiger partial charge in [0, 0.05) is 11.6 Å². The molecule has 2 N–H and O–H groups in total. The fourth-order valence-electron chi connectivity index (χ4n) is 2.31. The highest BCUT2D eigenvalue weighted by Gasteiger charge is 2.15. The molecule has 0 spiro atoms. The van der Waals surface area contributed by atoms with E-state index in [0.29, 0.717) is 5.92 Å². The molecule has 0 aliphatic rings. The minimum atomic E-state index is 0.0754. The summed E-state index contributed by atoms with van der Waals surface area (Å²) in [4.78, 5) is 0. The Labute approximate surface area is 105 Å². The van der Waals surface area contributed by atoms with Crippen LogP contribution < -0.4 is 10.5 Å². The maximum atomic E-state index is 6.29. The number of benzene rings is 1. The number of hydrogen-bond donors (Lipinski definition) is 1. The number of rotatable bonds is 6. The van der Waals surface area contributed by atoms with Crippen molar-refractivity contribution >= 4 is 0 Å². The van der Waals surface area contributed by atoms with Crippen LogP contribution in [0.1, 0.15) is 50.3 Å². The van der Waals surface area contributed by atoms with E-state index >= 15 is 0 Å². The Bertz CT molecular complexity index is 349. The zero-order chi connectivity index (χ0) is 12.8. The van der Waals surface area contributed by atoms with Gasteiger partial charge in [-0.2, -0.15) is 0 Å². The third kappa shape index (κ3) is 4.04. The molecular formula is C15H25NO. The fraction of sp³-hybridized carbons (Fsp3) is 0.600. The second-order valence-corrected chi connectivity index (χ2v) is 4.98. The first-order valence-corrected chi connectivity index (χ1v) is 6.48. The predicted molar refractivity (Wildman–Crippen MR) is 73.3 cm³/mol. The summed E-state index contributed by atoms with van der Waals surface area (Å²) < 4.78 is 5.38. The molecular weight excluding hydrogens is 210 g/mol. The van der Waals surface area contributed by atoms with E-state index in [0.717, 1.165) is 17.7 Å². The van der Waals surface area contributed by atoms with Crippen LogP contribution in [0.3, 0.4) is 0 Å². The lowest BCUT2D eigenvalue weighted by Crippen LogP contribution is -2.15. The molecule has 2 atom stereocenters. The van der Waals surface area contributed by atoms with Crippen LogP contribution in [0.25, 0.3) is 0 Å². The molecule has 96 valence electrons. The summed E-state index contributed by atoms with van der Waals surface area (Å²) in [6, 6.07) is 6.29. The molecule has 0 radical (unpaired) electrons. The first-order valence-electron chi connectivity index (χ1n) is 6.48. The first-order chi connectivity index (χ1) is 8.08. The van der Waals surface area contributed by atoms with Gasteiger partial charge in [0.15, 0.2) is 0 Å². The number of aryl methyl sites for hydroxylation is 1. The van der Waals surface area contributed by atoms with E-state index in [-0.39, 0.29) is 6.04 Å². The summed E-state index contributed by atoms with van der Waals surface area (Å²) >= 11 is 0. The summed E-state index contributed by atoms with van der Waals surface area (Å²) in [6.07, 6.45) is 3.48. The van der Waals surface area contributed by atoms with Gasteiger partial charge in [-0.1, -0.05) is 44.4 Å². The van der Waals surface area contributed by atoms with E-state index < -0.39 is 0 Å². The van der Waals surface area contributed by atoms with Crippen molar-refractivity contribution in [2.75, 3.05) is 7.11 Å². The summed E-state index contributed by atoms with van der Waals surface area (Å²) in [7, 11) is 1.70. The third-order valence-corrected chi connectivity index (χ3v) is 3.22. The standard InChI is InChI=1S/C15H25NO/c1-5-6-11(2)10-14(16)13-9-12(3)7-8-15(13)17-4/h7-9,11,14H,5-6,10,16H2,1-4H3. The zero-order valence-electron chi connectivity index (χ0n) is 11.5. The van der Waals surface area contributed by atoms with E-state index in [9.17, 15) is 0 Å². The lowest BCUT2D eigenvalue weighted by Gasteiger charge is -2.19. The molecule has 0 heterocycles. The van der Waals surface area contributed by atoms with Gasteiger partial charge in [-0.15, -0.1) is 0 Å². The van der Waals surface area contributed by atoms with Gasteiger partial charge < -0.3 is 10.5 Å². The third-order valence-electron chi connectivity index (χ3n) is 3.22. The van der Waals surface area contributed by atoms with Crippen LogP contribution in [0.2, 0.25) is 0 Å². The summed E-state index contributed by atoms with van der Waals surface area (Å²) in [5.74, 6) is 1.58. The van der Waals surface area contributed by atoms with E-state index in [1.54, 1.807) is 7.11 Å². The van der Waals surface area contributed by atoms with Crippen molar-refractivity contribution in [2.24, 2.45) is 11.7 Å². The van der Waals surface area contributed by atoms with Gasteiger partial charge in [0.25, 0.3) is 0 Å². The van der Waals surface area contributed by atoms with Gasteiger partial charge in [-0.05, 0) is 25.3 Å². The Morgan fingerprint density at radius 3 is 2.65 bits per heavy atom. The van der Waals surface area contributed by atoms with Gasteiger partial charge in [0.2, 0.25) is 0 Å². The second kappa shape index (κ2) is 6.65. The van der Waals surface area contributed by atoms with Crippen molar-refractivity contribution < 1.29 is 4.74 Å². The Balaban J connectivity index is 2.79. The van der Waals surface area contributed by atoms with Crippen LogP contribution in [0.4, 0.5) is 0 Å². The highest BCUT2D eigenvalue weighted by atomic mass is 16.5. The van der Waals surface area contributed by atoms with Crippen LogP contribution >= 0.6 is 0 Å². The Hall–Kier alpha value is -1.02. The molecule has 2 nitrogen and oxygen atoms in total. The van der Waals surface area contributed by atoms with Crippen molar-refractivity contribution in [1.82, 2.24) is 0 Å². The van der Waals surface area contributed by atoms with Crippen molar-refractivity contribution in [1.29, 1.82) is 0 Å². The molecule has 1 aromatic rings. The molecule has 2 unspecified atom stereocenters. The van der Waals surface area contributed by atoms with Crippen molar-refractivity contribution in [3.05, 3.63) is 29.3 Å². The lowest BCUT2D eigenvalue weighted by molar-refractivity contribution is 0.391. The average molecular weight is 235 g/mol. The smallest absolute Gasteiger partial charge is 0.123 e. The molecule has 0 saturated heterocycles. The normalized spacial score (nSPS) is 14.4. The van der Waals surface area contributed by atoms with Gasteiger partial charge in [0.05, 0.1) is 7.11 Å². The monoisotopic (exact) mass is 235 g/mol. The summed E-state index contributed by atoms with van der Waals surface area (Å²) in [6.45, 7) is 6.58. The predicted octanol–water partition coefficient (Wildman–Crippen LogP) is 3.83. The van der Waals surface area contributed by atoms with Crippen molar-refractivity contribution in [3.8, 4) is 5.75 Å². The maximum Gasteiger partial charge on any atom is 0.123 e. The quantitative estimate of drug-likeness (QED) is 0.813. The minimum absolute atomic E-state index is 0.0754. The number of ether oxygens (including phenoxy) is 1. The molecule has 1 aromatic carbocycles. The van der Waals surface area contributed by atoms with Crippen molar-refractivity contribution in [2.45, 2.75) is 46.1 Å². The van der Waals surface area contributed by atoms with Gasteiger partial charge in [-0.25, -0.2) is 0 Å². The van der Waals surface area contributed by atoms with Crippen LogP contribution in [-0.4, -0.2) is 7.11 Å². The Kier molecular flexibility index (Phi) is 5.49. The van der Waals surface area contributed by atoms with Crippen LogP contribution in [0.15, 0.2) is 18.2 Å². The summed E-state index contributed by atoms with van der Waals surface area (Å²) in [5, 5.41) is 0. The molecule has 0 fully saturated rings. The molecule has 1 rings (SSSR count). The molecule has 0 amide bonds. The van der Waals surface area contributed by atoms with Crippen LogP contribution in [0, 0.1) is 12.8 Å². The second-order valence-electron chi connectivity index (χ2n) is 4.98. The highest BCUT2D eigenvalue weighted by molar-refractivity contribution is 5.38. The zero-order valence-corrected chi connectivity index (χ0v) is 11.5. The van der Waals surface area contributed by atoms with Crippen LogP contribution in [0.5, 0.6) is 5.75 Å². The topological polar surface area (TPSA) is 35.2 Å². The number of methoxy groups -OCH3 is 1. The van der Waals surface area contributed by atoms with Gasteiger partial charge in [-0.3, -0.25) is 0 Å². The molecule has 2 heteroatoms. The SMILES string of the molecule is CCCC(C)CC(N)c1cc(C)ccc1OC. The Morgan fingerprint density at radius 1 is 1.35 bits per heavy atom. The molecule has 0 aromatic heterocycles. The molecule has 0 bridgehead atoms. The minimum Gasteiger partial charge on any atom is -0.496 e. The lowest BCUT2D eigenvalue weighted by atomic mass is 9.92. The molecule has 17 heavy (non-hydrogen) atoms. The molecule has 0 saturated carbocycles. The maximum absolute atomic E-state index is 6.29. The Morgan fingerprint density at radius 2 is 2.06 bits per heavy atom. The van der Waals surface area contributed by atoms with E-state index in [4.69, 9.17) is 10.5 Å².